The zero-order chi connectivity index (χ0) is 20.0. The van der Waals surface area contributed by atoms with Crippen LogP contribution in [0.25, 0.3) is 0 Å². The Balaban J connectivity index is 1.32. The molecule has 5 rings (SSSR count). The van der Waals surface area contributed by atoms with Crippen LogP contribution in [0, 0.1) is 5.92 Å². The Morgan fingerprint density at radius 2 is 2.07 bits per heavy atom. The highest BCUT2D eigenvalue weighted by Gasteiger charge is 2.52. The average Bonchev–Trinajstić information content (AvgIpc) is 3.41. The van der Waals surface area contributed by atoms with Crippen molar-refractivity contribution >= 4 is 17.6 Å². The number of fused-ring (bicyclic) bond motifs is 3. The van der Waals surface area contributed by atoms with Gasteiger partial charge in [0.1, 0.15) is 17.6 Å². The largest absolute Gasteiger partial charge is 0.339 e. The number of likely N-dealkylation sites (N-methyl/N-ethyl adjacent to an activating group) is 1. The minimum atomic E-state index is -0.569. The van der Waals surface area contributed by atoms with E-state index in [0.29, 0.717) is 17.9 Å². The van der Waals surface area contributed by atoms with Gasteiger partial charge >= 0.3 is 0 Å². The highest BCUT2D eigenvalue weighted by Crippen LogP contribution is 2.53. The van der Waals surface area contributed by atoms with Crippen LogP contribution in [0.3, 0.4) is 0 Å². The summed E-state index contributed by atoms with van der Waals surface area (Å²) in [5, 5.41) is 9.99. The molecule has 7 heteroatoms. The summed E-state index contributed by atoms with van der Waals surface area (Å²) in [6.45, 7) is 0. The van der Waals surface area contributed by atoms with Crippen molar-refractivity contribution in [3.05, 3.63) is 77.2 Å². The Labute approximate surface area is 168 Å². The van der Waals surface area contributed by atoms with Crippen LogP contribution in [0.5, 0.6) is 0 Å². The fraction of sp³-hybridized carbons (Fsp3) is 0.273. The maximum atomic E-state index is 13.0. The van der Waals surface area contributed by atoms with Crippen molar-refractivity contribution in [1.29, 1.82) is 0 Å². The summed E-state index contributed by atoms with van der Waals surface area (Å²) < 4.78 is 0. The first kappa shape index (κ1) is 17.6. The van der Waals surface area contributed by atoms with Crippen LogP contribution in [-0.4, -0.2) is 40.1 Å². The lowest BCUT2D eigenvalue weighted by atomic mass is 10.1. The van der Waals surface area contributed by atoms with E-state index < -0.39 is 6.04 Å². The van der Waals surface area contributed by atoms with E-state index in [1.54, 1.807) is 24.2 Å². The number of benzene rings is 1. The van der Waals surface area contributed by atoms with Gasteiger partial charge in [-0.1, -0.05) is 36.4 Å². The summed E-state index contributed by atoms with van der Waals surface area (Å²) in [5.74, 6) is 0.569. The molecule has 1 aromatic carbocycles. The molecule has 2 aromatic heterocycles. The van der Waals surface area contributed by atoms with E-state index in [0.717, 1.165) is 23.2 Å². The molecule has 146 valence electrons. The lowest BCUT2D eigenvalue weighted by molar-refractivity contribution is -0.120. The number of aromatic nitrogens is 3. The monoisotopic (exact) mass is 387 g/mol. The number of carbonyl (C=O) groups excluding carboxylic acids is 2. The maximum absolute atomic E-state index is 13.0. The van der Waals surface area contributed by atoms with Crippen molar-refractivity contribution in [2.45, 2.75) is 24.8 Å². The van der Waals surface area contributed by atoms with E-state index >= 15 is 0 Å². The normalized spacial score (nSPS) is 22.4. The molecule has 2 aliphatic rings. The number of rotatable bonds is 4. The summed E-state index contributed by atoms with van der Waals surface area (Å²) in [7, 11) is 1.71. The van der Waals surface area contributed by atoms with Crippen LogP contribution >= 0.6 is 0 Å². The van der Waals surface area contributed by atoms with Gasteiger partial charge in [-0.25, -0.2) is 4.98 Å². The first-order valence-corrected chi connectivity index (χ1v) is 9.73. The number of nitrogens with zero attached hydrogens (tertiary/aromatic N) is 3. The number of H-pyrrole nitrogens is 1. The Kier molecular flexibility index (Phi) is 4.16. The lowest BCUT2D eigenvalue weighted by Crippen LogP contribution is -2.48. The summed E-state index contributed by atoms with van der Waals surface area (Å²) in [6.07, 6.45) is 3.23. The first-order valence-electron chi connectivity index (χ1n) is 9.73. The van der Waals surface area contributed by atoms with E-state index in [1.807, 2.05) is 42.5 Å². The number of hydrogen-bond donors (Lipinski definition) is 2. The summed E-state index contributed by atoms with van der Waals surface area (Å²) in [4.78, 5) is 31.7. The van der Waals surface area contributed by atoms with Crippen LogP contribution in [0.1, 0.15) is 39.6 Å². The number of amides is 2. The van der Waals surface area contributed by atoms with Gasteiger partial charge < -0.3 is 5.32 Å². The van der Waals surface area contributed by atoms with Gasteiger partial charge in [0, 0.05) is 25.4 Å². The second-order valence-corrected chi connectivity index (χ2v) is 7.71. The number of anilines is 1. The van der Waals surface area contributed by atoms with Crippen molar-refractivity contribution in [3.8, 4) is 0 Å². The van der Waals surface area contributed by atoms with Crippen LogP contribution in [0.2, 0.25) is 0 Å². The zero-order valence-corrected chi connectivity index (χ0v) is 16.0. The molecule has 0 spiro atoms. The molecule has 1 aliphatic carbocycles. The number of aromatic amines is 1. The van der Waals surface area contributed by atoms with Crippen molar-refractivity contribution in [2.24, 2.45) is 5.92 Å². The number of hydrogen-bond acceptors (Lipinski definition) is 4. The number of nitrogens with one attached hydrogen (secondary N) is 2. The molecular weight excluding hydrogens is 366 g/mol. The van der Waals surface area contributed by atoms with Crippen molar-refractivity contribution in [2.75, 3.05) is 11.9 Å². The highest BCUT2D eigenvalue weighted by atomic mass is 16.2. The molecule has 1 aliphatic heterocycles. The summed E-state index contributed by atoms with van der Waals surface area (Å²) in [5.41, 5.74) is 3.36. The third-order valence-electron chi connectivity index (χ3n) is 5.79. The first-order chi connectivity index (χ1) is 14.1. The zero-order valence-electron chi connectivity index (χ0n) is 16.0. The van der Waals surface area contributed by atoms with Gasteiger partial charge in [-0.05, 0) is 41.5 Å². The molecule has 3 heterocycles. The third kappa shape index (κ3) is 3.18. The second-order valence-electron chi connectivity index (χ2n) is 7.71. The van der Waals surface area contributed by atoms with E-state index in [9.17, 15) is 9.59 Å². The molecule has 0 saturated heterocycles. The van der Waals surface area contributed by atoms with E-state index in [4.69, 9.17) is 0 Å². The van der Waals surface area contributed by atoms with Gasteiger partial charge in [0.05, 0.1) is 0 Å². The minimum absolute atomic E-state index is 0.0991. The van der Waals surface area contributed by atoms with E-state index in [1.165, 1.54) is 0 Å². The third-order valence-corrected chi connectivity index (χ3v) is 5.79. The molecule has 1 saturated carbocycles. The summed E-state index contributed by atoms with van der Waals surface area (Å²) in [6, 6.07) is 15.1. The maximum Gasteiger partial charge on any atom is 0.272 e. The van der Waals surface area contributed by atoms with Crippen LogP contribution in [-0.2, 0) is 11.2 Å². The summed E-state index contributed by atoms with van der Waals surface area (Å²) >= 11 is 0. The van der Waals surface area contributed by atoms with E-state index in [-0.39, 0.29) is 23.7 Å². The van der Waals surface area contributed by atoms with Gasteiger partial charge in [0.25, 0.3) is 11.8 Å². The van der Waals surface area contributed by atoms with Gasteiger partial charge in [-0.15, -0.1) is 0 Å². The van der Waals surface area contributed by atoms with Crippen LogP contribution in [0.15, 0.2) is 54.7 Å². The van der Waals surface area contributed by atoms with Crippen molar-refractivity contribution in [1.82, 2.24) is 20.5 Å². The fourth-order valence-corrected chi connectivity index (χ4v) is 4.18. The fourth-order valence-electron chi connectivity index (χ4n) is 4.18. The minimum Gasteiger partial charge on any atom is -0.339 e. The lowest BCUT2D eigenvalue weighted by Gasteiger charge is -2.22. The molecule has 2 N–H and O–H groups in total. The second kappa shape index (κ2) is 6.84. The quantitative estimate of drug-likeness (QED) is 0.719. The Hall–Kier alpha value is -3.48. The average molecular weight is 387 g/mol. The molecule has 0 bridgehead atoms. The van der Waals surface area contributed by atoms with Gasteiger partial charge in [0.2, 0.25) is 0 Å². The topological polar surface area (TPSA) is 91.0 Å². The van der Waals surface area contributed by atoms with Crippen LogP contribution in [0.4, 0.5) is 5.82 Å². The number of carbonyl (C=O) groups is 2. The van der Waals surface area contributed by atoms with Crippen molar-refractivity contribution < 1.29 is 9.59 Å². The Bertz CT molecular complexity index is 1080. The molecule has 3 atom stereocenters. The molecule has 0 radical (unpaired) electrons. The number of pyridine rings is 1. The Morgan fingerprint density at radius 3 is 2.90 bits per heavy atom. The van der Waals surface area contributed by atoms with Gasteiger partial charge in [0.15, 0.2) is 0 Å². The molecule has 1 fully saturated rings. The predicted molar refractivity (Wildman–Crippen MR) is 108 cm³/mol. The standard InChI is InChI=1S/C22H21N5O2/c1-27-20-15(8-5-9-23-20)16-12-17(16)19(22(27)29)24-21(28)18-11-14(25-26-18)10-13-6-3-2-4-7-13/h2-9,11,16-17,19H,10,12H2,1H3,(H,24,28)(H,25,26)/t16-,17-,19-/m0/s1. The molecular formula is C22H21N5O2. The Morgan fingerprint density at radius 1 is 1.24 bits per heavy atom. The predicted octanol–water partition coefficient (Wildman–Crippen LogP) is 2.27. The van der Waals surface area contributed by atoms with Gasteiger partial charge in [-0.2, -0.15) is 5.10 Å². The highest BCUT2D eigenvalue weighted by molar-refractivity contribution is 6.02. The molecule has 0 unspecified atom stereocenters. The molecule has 3 aromatic rings. The van der Waals surface area contributed by atoms with Crippen LogP contribution < -0.4 is 10.2 Å². The van der Waals surface area contributed by atoms with Gasteiger partial charge in [-0.3, -0.25) is 19.6 Å². The molecule has 7 nitrogen and oxygen atoms in total. The van der Waals surface area contributed by atoms with Crippen molar-refractivity contribution in [3.63, 3.8) is 0 Å². The molecule has 29 heavy (non-hydrogen) atoms. The smallest absolute Gasteiger partial charge is 0.272 e. The SMILES string of the molecule is CN1C(=O)[C@@H](NC(=O)c2cc(Cc3ccccc3)[nH]n2)[C@H]2C[C@H]2c2cccnc21. The van der Waals surface area contributed by atoms with E-state index in [2.05, 4.69) is 20.5 Å². The molecule has 2 amide bonds.